The first-order valence-electron chi connectivity index (χ1n) is 14.3. The Labute approximate surface area is 284 Å². The third-order valence-corrected chi connectivity index (χ3v) is 9.12. The van der Waals surface area contributed by atoms with Crippen molar-refractivity contribution in [2.45, 2.75) is 45.0 Å². The number of hydrogen-bond acceptors (Lipinski definition) is 8. The number of benzene rings is 3. The molecular weight excluding hydrogens is 701 g/mol. The van der Waals surface area contributed by atoms with Gasteiger partial charge < -0.3 is 24.8 Å². The zero-order chi connectivity index (χ0) is 32.1. The quantitative estimate of drug-likeness (QED) is 0.140. The highest BCUT2D eigenvalue weighted by Gasteiger charge is 2.36. The van der Waals surface area contributed by atoms with Crippen LogP contribution in [0.1, 0.15) is 44.4 Å². The van der Waals surface area contributed by atoms with Crippen molar-refractivity contribution in [2.75, 3.05) is 30.1 Å². The molecule has 1 aromatic heterocycles. The van der Waals surface area contributed by atoms with E-state index >= 15 is 0 Å². The molecule has 0 saturated heterocycles. The Bertz CT molecular complexity index is 1750. The Morgan fingerprint density at radius 1 is 1.11 bits per heavy atom. The molecule has 9 nitrogen and oxygen atoms in total. The maximum atomic E-state index is 14.1. The van der Waals surface area contributed by atoms with Crippen LogP contribution < -0.4 is 24.8 Å². The number of aromatic nitrogens is 3. The lowest BCUT2D eigenvalue weighted by molar-refractivity contribution is -0.113. The van der Waals surface area contributed by atoms with E-state index in [1.54, 1.807) is 47.8 Å². The summed E-state index contributed by atoms with van der Waals surface area (Å²) in [4.78, 5) is 18.8. The van der Waals surface area contributed by atoms with Crippen LogP contribution in [0.5, 0.6) is 17.2 Å². The molecule has 5 rings (SSSR count). The molecule has 0 bridgehead atoms. The Balaban J connectivity index is 1.57. The molecule has 45 heavy (non-hydrogen) atoms. The van der Waals surface area contributed by atoms with Crippen molar-refractivity contribution in [3.63, 3.8) is 0 Å². The van der Waals surface area contributed by atoms with E-state index in [1.165, 1.54) is 0 Å². The minimum absolute atomic E-state index is 0.193. The van der Waals surface area contributed by atoms with Crippen molar-refractivity contribution in [3.05, 3.63) is 91.5 Å². The maximum absolute atomic E-state index is 14.1. The number of nitrogens with one attached hydrogen (secondary N) is 2. The zero-order valence-electron chi connectivity index (χ0n) is 25.1. The van der Waals surface area contributed by atoms with Gasteiger partial charge in [0.05, 0.1) is 29.4 Å². The molecule has 0 aliphatic carbocycles. The fraction of sp³-hybridized carbons (Fsp3) is 0.281. The van der Waals surface area contributed by atoms with Gasteiger partial charge in [-0.15, -0.1) is 5.10 Å². The van der Waals surface area contributed by atoms with Crippen molar-refractivity contribution in [1.29, 1.82) is 0 Å². The highest BCUT2D eigenvalue weighted by atomic mass is 79.9. The van der Waals surface area contributed by atoms with Crippen molar-refractivity contribution >= 4 is 68.4 Å². The molecular formula is C32H32BrCl2N5O4S. The molecule has 236 valence electrons. The molecule has 13 heteroatoms. The Morgan fingerprint density at radius 2 is 1.91 bits per heavy atom. The summed E-state index contributed by atoms with van der Waals surface area (Å²) < 4.78 is 20.2. The topological polar surface area (TPSA) is 99.5 Å². The van der Waals surface area contributed by atoms with Gasteiger partial charge in [-0.05, 0) is 78.2 Å². The number of fused-ring (bicyclic) bond motifs is 1. The first-order valence-corrected chi connectivity index (χ1v) is 16.8. The molecule has 1 aliphatic heterocycles. The number of ether oxygens (including phenoxy) is 3. The monoisotopic (exact) mass is 731 g/mol. The van der Waals surface area contributed by atoms with Crippen molar-refractivity contribution < 1.29 is 19.0 Å². The van der Waals surface area contributed by atoms with Crippen LogP contribution in [-0.4, -0.2) is 40.1 Å². The van der Waals surface area contributed by atoms with E-state index in [0.717, 1.165) is 23.3 Å². The van der Waals surface area contributed by atoms with E-state index in [2.05, 4.69) is 33.5 Å². The molecule has 1 aliphatic rings. The van der Waals surface area contributed by atoms with E-state index in [1.807, 2.05) is 44.2 Å². The van der Waals surface area contributed by atoms with Gasteiger partial charge in [-0.1, -0.05) is 60.1 Å². The van der Waals surface area contributed by atoms with E-state index in [4.69, 9.17) is 47.5 Å². The second-order valence-electron chi connectivity index (χ2n) is 10.0. The summed E-state index contributed by atoms with van der Waals surface area (Å²) >= 11 is 17.7. The average molecular weight is 734 g/mol. The Morgan fingerprint density at radius 3 is 2.64 bits per heavy atom. The number of halogens is 3. The number of para-hydroxylation sites is 2. The summed E-state index contributed by atoms with van der Waals surface area (Å²) in [7, 11) is 1.56. The summed E-state index contributed by atoms with van der Waals surface area (Å²) in [5.74, 6) is 2.63. The molecule has 2 N–H and O–H groups in total. The normalized spacial score (nSPS) is 14.1. The standard InChI is InChI=1S/C32H32BrCl2N5O4S/c1-5-13-45-32-38-31-36-18(3)27(30(41)37-24-9-7-8-10-25(24)42-4)28(40(31)39-32)20-14-22(33)29(26(15-20)43-6-2)44-17-19-11-12-21(34)16-23(19)35/h7-12,14-16,28H,5-6,13,17H2,1-4H3,(H,37,41)(H,36,38,39). The van der Waals surface area contributed by atoms with E-state index in [0.29, 0.717) is 66.4 Å². The van der Waals surface area contributed by atoms with Crippen LogP contribution in [0.3, 0.4) is 0 Å². The van der Waals surface area contributed by atoms with Gasteiger partial charge in [-0.3, -0.25) is 4.79 Å². The van der Waals surface area contributed by atoms with Gasteiger partial charge in [0.25, 0.3) is 5.91 Å². The number of allylic oxidation sites excluding steroid dienone is 1. The predicted octanol–water partition coefficient (Wildman–Crippen LogP) is 8.76. The number of carbonyl (C=O) groups is 1. The third kappa shape index (κ3) is 7.38. The van der Waals surface area contributed by atoms with Crippen LogP contribution in [0.15, 0.2) is 75.5 Å². The molecule has 0 saturated carbocycles. The summed E-state index contributed by atoms with van der Waals surface area (Å²) in [5.41, 5.74) is 3.17. The van der Waals surface area contributed by atoms with Gasteiger partial charge in [-0.2, -0.15) is 4.98 Å². The van der Waals surface area contributed by atoms with E-state index in [9.17, 15) is 4.79 Å². The average Bonchev–Trinajstić information content (AvgIpc) is 3.42. The first kappa shape index (κ1) is 33.0. The van der Waals surface area contributed by atoms with Crippen LogP contribution in [0.25, 0.3) is 0 Å². The van der Waals surface area contributed by atoms with E-state index in [-0.39, 0.29) is 12.5 Å². The number of thioether (sulfide) groups is 1. The van der Waals surface area contributed by atoms with Gasteiger partial charge >= 0.3 is 0 Å². The largest absolute Gasteiger partial charge is 0.495 e. The summed E-state index contributed by atoms with van der Waals surface area (Å²) in [6, 6.07) is 15.7. The lowest BCUT2D eigenvalue weighted by Gasteiger charge is -2.29. The van der Waals surface area contributed by atoms with Crippen LogP contribution in [0.4, 0.5) is 11.6 Å². The van der Waals surface area contributed by atoms with Crippen LogP contribution >= 0.6 is 50.9 Å². The first-order chi connectivity index (χ1) is 21.7. The van der Waals surface area contributed by atoms with Crippen molar-refractivity contribution in [2.24, 2.45) is 0 Å². The maximum Gasteiger partial charge on any atom is 0.255 e. The summed E-state index contributed by atoms with van der Waals surface area (Å²) in [6.45, 7) is 6.44. The second kappa shape index (κ2) is 14.8. The zero-order valence-corrected chi connectivity index (χ0v) is 29.0. The molecule has 1 atom stereocenters. The second-order valence-corrected chi connectivity index (χ2v) is 12.8. The summed E-state index contributed by atoms with van der Waals surface area (Å²) in [5, 5.41) is 12.8. The Kier molecular flexibility index (Phi) is 10.9. The molecule has 0 radical (unpaired) electrons. The van der Waals surface area contributed by atoms with E-state index < -0.39 is 6.04 Å². The highest BCUT2D eigenvalue weighted by Crippen LogP contribution is 2.44. The highest BCUT2D eigenvalue weighted by molar-refractivity contribution is 9.10. The fourth-order valence-corrected chi connectivity index (χ4v) is 6.58. The fourth-order valence-electron chi connectivity index (χ4n) is 4.86. The van der Waals surface area contributed by atoms with Gasteiger partial charge in [0, 0.05) is 27.1 Å². The van der Waals surface area contributed by atoms with Crippen molar-refractivity contribution in [3.8, 4) is 17.2 Å². The number of anilines is 2. The number of rotatable bonds is 12. The molecule has 0 fully saturated rings. The number of carbonyl (C=O) groups excluding carboxylic acids is 1. The lowest BCUT2D eigenvalue weighted by Crippen LogP contribution is -2.31. The van der Waals surface area contributed by atoms with Crippen LogP contribution in [0, 0.1) is 0 Å². The molecule has 1 unspecified atom stereocenters. The minimum Gasteiger partial charge on any atom is -0.495 e. The van der Waals surface area contributed by atoms with Crippen molar-refractivity contribution in [1.82, 2.24) is 14.8 Å². The van der Waals surface area contributed by atoms with Crippen LogP contribution in [0.2, 0.25) is 10.0 Å². The number of methoxy groups -OCH3 is 1. The van der Waals surface area contributed by atoms with Gasteiger partial charge in [-0.25, -0.2) is 4.68 Å². The molecule has 0 spiro atoms. The third-order valence-electron chi connectivity index (χ3n) is 6.90. The number of hydrogen-bond donors (Lipinski definition) is 2. The molecule has 1 amide bonds. The molecule has 4 aromatic rings. The predicted molar refractivity (Wildman–Crippen MR) is 183 cm³/mol. The van der Waals surface area contributed by atoms with Crippen LogP contribution in [-0.2, 0) is 11.4 Å². The smallest absolute Gasteiger partial charge is 0.255 e. The van der Waals surface area contributed by atoms with Gasteiger partial charge in [0.1, 0.15) is 18.4 Å². The number of nitrogens with zero attached hydrogens (tertiary/aromatic N) is 3. The Hall–Kier alpha value is -3.38. The summed E-state index contributed by atoms with van der Waals surface area (Å²) in [6.07, 6.45) is 0.975. The number of amides is 1. The van der Waals surface area contributed by atoms with Gasteiger partial charge in [0.2, 0.25) is 11.1 Å². The minimum atomic E-state index is -0.644. The molecule has 3 aromatic carbocycles. The SMILES string of the molecule is CCCSc1nc2n(n1)C(c1cc(Br)c(OCc3ccc(Cl)cc3Cl)c(OCC)c1)C(C(=O)Nc1ccccc1OC)=C(C)N2. The van der Waals surface area contributed by atoms with Gasteiger partial charge in [0.15, 0.2) is 11.5 Å². The molecule has 2 heterocycles. The lowest BCUT2D eigenvalue weighted by atomic mass is 9.94.